The summed E-state index contributed by atoms with van der Waals surface area (Å²) >= 11 is 1.49. The van der Waals surface area contributed by atoms with Crippen molar-refractivity contribution >= 4 is 17.7 Å². The summed E-state index contributed by atoms with van der Waals surface area (Å²) in [6.07, 6.45) is 5.89. The summed E-state index contributed by atoms with van der Waals surface area (Å²) in [5.74, 6) is 3.06. The summed E-state index contributed by atoms with van der Waals surface area (Å²) in [6, 6.07) is 10.7. The molecule has 1 amide bonds. The second kappa shape index (κ2) is 7.82. The number of carbonyl (C=O) groups is 1. The van der Waals surface area contributed by atoms with Crippen molar-refractivity contribution in [2.45, 2.75) is 56.8 Å². The van der Waals surface area contributed by atoms with Crippen molar-refractivity contribution < 1.29 is 4.79 Å². The SMILES string of the molecule is CCn1c(Cc2ccccc2)nnc1SCC(=O)N[C@@H]1C[C@@H]2CC[C@H]1C2. The molecule has 1 heterocycles. The van der Waals surface area contributed by atoms with E-state index in [4.69, 9.17) is 0 Å². The van der Waals surface area contributed by atoms with E-state index in [1.54, 1.807) is 0 Å². The number of nitrogens with one attached hydrogen (secondary N) is 1. The van der Waals surface area contributed by atoms with Crippen molar-refractivity contribution in [1.82, 2.24) is 20.1 Å². The molecule has 0 radical (unpaired) electrons. The van der Waals surface area contributed by atoms with E-state index in [1.165, 1.54) is 43.0 Å². The summed E-state index contributed by atoms with van der Waals surface area (Å²) in [5, 5.41) is 12.8. The third kappa shape index (κ3) is 3.80. The van der Waals surface area contributed by atoms with Gasteiger partial charge in [-0.15, -0.1) is 10.2 Å². The van der Waals surface area contributed by atoms with Gasteiger partial charge in [-0.05, 0) is 43.6 Å². The maximum Gasteiger partial charge on any atom is 0.230 e. The largest absolute Gasteiger partial charge is 0.352 e. The Kier molecular flexibility index (Phi) is 5.29. The average molecular weight is 371 g/mol. The molecule has 2 aliphatic carbocycles. The summed E-state index contributed by atoms with van der Waals surface area (Å²) < 4.78 is 2.11. The number of hydrogen-bond acceptors (Lipinski definition) is 4. The Hall–Kier alpha value is -1.82. The lowest BCUT2D eigenvalue weighted by molar-refractivity contribution is -0.119. The van der Waals surface area contributed by atoms with Crippen molar-refractivity contribution in [3.8, 4) is 0 Å². The van der Waals surface area contributed by atoms with Crippen molar-refractivity contribution in [3.05, 3.63) is 41.7 Å². The molecule has 0 spiro atoms. The molecule has 1 aromatic carbocycles. The van der Waals surface area contributed by atoms with E-state index in [9.17, 15) is 4.79 Å². The number of carbonyl (C=O) groups excluding carboxylic acids is 1. The lowest BCUT2D eigenvalue weighted by Crippen LogP contribution is -2.39. The molecule has 2 aromatic rings. The standard InChI is InChI=1S/C20H26N4OS/c1-2-24-18(12-14-6-4-3-5-7-14)22-23-20(24)26-13-19(25)21-17-11-15-8-9-16(17)10-15/h3-7,15-17H,2,8-13H2,1H3,(H,21,25)/t15-,16+,17-/m1/s1. The van der Waals surface area contributed by atoms with Crippen LogP contribution in [0.1, 0.15) is 44.0 Å². The molecule has 1 N–H and O–H groups in total. The molecule has 1 aromatic heterocycles. The summed E-state index contributed by atoms with van der Waals surface area (Å²) in [5.41, 5.74) is 1.22. The number of fused-ring (bicyclic) bond motifs is 2. The first-order chi connectivity index (χ1) is 12.7. The summed E-state index contributed by atoms with van der Waals surface area (Å²) in [7, 11) is 0. The highest BCUT2D eigenvalue weighted by atomic mass is 32.2. The quantitative estimate of drug-likeness (QED) is 0.760. The fourth-order valence-electron chi connectivity index (χ4n) is 4.45. The normalized spacial score (nSPS) is 24.1. The van der Waals surface area contributed by atoms with Gasteiger partial charge >= 0.3 is 0 Å². The Morgan fingerprint density at radius 2 is 2.08 bits per heavy atom. The van der Waals surface area contributed by atoms with Crippen LogP contribution in [0.2, 0.25) is 0 Å². The molecule has 0 unspecified atom stereocenters. The molecule has 6 heteroatoms. The van der Waals surface area contributed by atoms with Gasteiger partial charge in [-0.1, -0.05) is 48.5 Å². The monoisotopic (exact) mass is 370 g/mol. The number of benzene rings is 1. The van der Waals surface area contributed by atoms with Gasteiger partial charge in [-0.25, -0.2) is 0 Å². The van der Waals surface area contributed by atoms with E-state index in [2.05, 4.69) is 39.1 Å². The van der Waals surface area contributed by atoms with Crippen LogP contribution in [0.3, 0.4) is 0 Å². The van der Waals surface area contributed by atoms with Gasteiger partial charge in [0.05, 0.1) is 5.75 Å². The molecule has 5 nitrogen and oxygen atoms in total. The van der Waals surface area contributed by atoms with Crippen molar-refractivity contribution in [2.24, 2.45) is 11.8 Å². The van der Waals surface area contributed by atoms with Gasteiger partial charge < -0.3 is 9.88 Å². The van der Waals surface area contributed by atoms with Crippen molar-refractivity contribution in [2.75, 3.05) is 5.75 Å². The van der Waals surface area contributed by atoms with E-state index in [0.29, 0.717) is 17.7 Å². The Morgan fingerprint density at radius 3 is 2.77 bits per heavy atom. The summed E-state index contributed by atoms with van der Waals surface area (Å²) in [6.45, 7) is 2.91. The van der Waals surface area contributed by atoms with Crippen LogP contribution in [0.25, 0.3) is 0 Å². The molecule has 2 saturated carbocycles. The van der Waals surface area contributed by atoms with Crippen LogP contribution in [-0.2, 0) is 17.8 Å². The Balaban J connectivity index is 1.33. The van der Waals surface area contributed by atoms with Gasteiger partial charge in [-0.3, -0.25) is 4.79 Å². The maximum atomic E-state index is 12.4. The van der Waals surface area contributed by atoms with Gasteiger partial charge in [0.15, 0.2) is 5.16 Å². The van der Waals surface area contributed by atoms with Crippen molar-refractivity contribution in [1.29, 1.82) is 0 Å². The zero-order chi connectivity index (χ0) is 17.9. The van der Waals surface area contributed by atoms with Crippen LogP contribution < -0.4 is 5.32 Å². The second-order valence-electron chi connectivity index (χ2n) is 7.44. The Labute approximate surface area is 159 Å². The highest BCUT2D eigenvalue weighted by Gasteiger charge is 2.40. The Bertz CT molecular complexity index is 760. The highest BCUT2D eigenvalue weighted by Crippen LogP contribution is 2.44. The number of hydrogen-bond donors (Lipinski definition) is 1. The lowest BCUT2D eigenvalue weighted by atomic mass is 9.95. The van der Waals surface area contributed by atoms with E-state index in [0.717, 1.165) is 29.9 Å². The molecule has 2 fully saturated rings. The molecule has 2 bridgehead atoms. The molecular formula is C20H26N4OS. The highest BCUT2D eigenvalue weighted by molar-refractivity contribution is 7.99. The number of thioether (sulfide) groups is 1. The molecule has 2 aliphatic rings. The second-order valence-corrected chi connectivity index (χ2v) is 8.39. The first-order valence-corrected chi connectivity index (χ1v) is 10.6. The predicted molar refractivity (Wildman–Crippen MR) is 103 cm³/mol. The molecule has 138 valence electrons. The van der Waals surface area contributed by atoms with Gasteiger partial charge in [0.25, 0.3) is 0 Å². The van der Waals surface area contributed by atoms with Gasteiger partial charge in [0, 0.05) is 19.0 Å². The Morgan fingerprint density at radius 1 is 1.23 bits per heavy atom. The van der Waals surface area contributed by atoms with E-state index < -0.39 is 0 Å². The van der Waals surface area contributed by atoms with Crippen LogP contribution in [0.5, 0.6) is 0 Å². The fraction of sp³-hybridized carbons (Fsp3) is 0.550. The molecule has 4 rings (SSSR count). The molecule has 0 aliphatic heterocycles. The van der Waals surface area contributed by atoms with E-state index in [-0.39, 0.29) is 5.91 Å². The fourth-order valence-corrected chi connectivity index (χ4v) is 5.29. The minimum absolute atomic E-state index is 0.128. The third-order valence-corrected chi connectivity index (χ3v) is 6.70. The molecule has 0 saturated heterocycles. The number of amides is 1. The van der Waals surface area contributed by atoms with Crippen molar-refractivity contribution in [3.63, 3.8) is 0 Å². The van der Waals surface area contributed by atoms with Crippen LogP contribution >= 0.6 is 11.8 Å². The topological polar surface area (TPSA) is 59.8 Å². The van der Waals surface area contributed by atoms with Gasteiger partial charge in [-0.2, -0.15) is 0 Å². The van der Waals surface area contributed by atoms with Crippen LogP contribution in [0.15, 0.2) is 35.5 Å². The molecule has 26 heavy (non-hydrogen) atoms. The van der Waals surface area contributed by atoms with E-state index in [1.807, 2.05) is 18.2 Å². The number of aromatic nitrogens is 3. The smallest absolute Gasteiger partial charge is 0.230 e. The average Bonchev–Trinajstić information content (AvgIpc) is 3.36. The maximum absolute atomic E-state index is 12.4. The minimum Gasteiger partial charge on any atom is -0.352 e. The van der Waals surface area contributed by atoms with Gasteiger partial charge in [0.2, 0.25) is 5.91 Å². The van der Waals surface area contributed by atoms with Crippen LogP contribution in [-0.4, -0.2) is 32.5 Å². The predicted octanol–water partition coefficient (Wildman–Crippen LogP) is 3.29. The summed E-state index contributed by atoms with van der Waals surface area (Å²) in [4.78, 5) is 12.4. The number of nitrogens with zero attached hydrogens (tertiary/aromatic N) is 3. The zero-order valence-corrected chi connectivity index (χ0v) is 16.0. The van der Waals surface area contributed by atoms with E-state index >= 15 is 0 Å². The first kappa shape index (κ1) is 17.6. The molecule has 3 atom stereocenters. The first-order valence-electron chi connectivity index (χ1n) is 9.61. The van der Waals surface area contributed by atoms with Crippen LogP contribution in [0.4, 0.5) is 0 Å². The lowest BCUT2D eigenvalue weighted by Gasteiger charge is -2.22. The minimum atomic E-state index is 0.128. The zero-order valence-electron chi connectivity index (χ0n) is 15.2. The van der Waals surface area contributed by atoms with Gasteiger partial charge in [0.1, 0.15) is 5.82 Å². The third-order valence-electron chi connectivity index (χ3n) is 5.73. The van der Waals surface area contributed by atoms with Crippen LogP contribution in [0, 0.1) is 11.8 Å². The molecular weight excluding hydrogens is 344 g/mol. The number of rotatable bonds is 7.